The fraction of sp³-hybridized carbons (Fsp3) is 0.500. The molecule has 1 aliphatic rings. The molecule has 1 unspecified atom stereocenters. The Morgan fingerprint density at radius 2 is 2.33 bits per heavy atom. The van der Waals surface area contributed by atoms with Gasteiger partial charge in [-0.05, 0) is 31.4 Å². The average Bonchev–Trinajstić information content (AvgIpc) is 2.38. The topological polar surface area (TPSA) is 72.4 Å². The van der Waals surface area contributed by atoms with Crippen molar-refractivity contribution in [3.8, 4) is 0 Å². The van der Waals surface area contributed by atoms with E-state index < -0.39 is 10.7 Å². The largest absolute Gasteiger partial charge is 0.366 e. The summed E-state index contributed by atoms with van der Waals surface area (Å²) in [5.74, 6) is -0.132. The van der Waals surface area contributed by atoms with Crippen molar-refractivity contribution in [2.75, 3.05) is 24.5 Å². The zero-order valence-electron chi connectivity index (χ0n) is 10.0. The van der Waals surface area contributed by atoms with Crippen molar-refractivity contribution in [2.45, 2.75) is 12.8 Å². The van der Waals surface area contributed by atoms with Crippen molar-refractivity contribution in [1.82, 2.24) is 0 Å². The van der Waals surface area contributed by atoms with Crippen LogP contribution in [0, 0.1) is 21.8 Å². The number of nitrogens with two attached hydrogens (primary N) is 1. The lowest BCUT2D eigenvalue weighted by Gasteiger charge is -2.33. The first kappa shape index (κ1) is 12.8. The second kappa shape index (κ2) is 5.30. The van der Waals surface area contributed by atoms with Crippen LogP contribution in [0.5, 0.6) is 0 Å². The lowest BCUT2D eigenvalue weighted by molar-refractivity contribution is -0.384. The minimum absolute atomic E-state index is 0.0472. The minimum Gasteiger partial charge on any atom is -0.366 e. The van der Waals surface area contributed by atoms with Crippen LogP contribution in [-0.2, 0) is 0 Å². The Morgan fingerprint density at radius 1 is 1.56 bits per heavy atom. The van der Waals surface area contributed by atoms with Gasteiger partial charge < -0.3 is 10.6 Å². The fourth-order valence-corrected chi connectivity index (χ4v) is 2.38. The van der Waals surface area contributed by atoms with Crippen molar-refractivity contribution in [3.05, 3.63) is 34.1 Å². The molecule has 1 saturated heterocycles. The Hall–Kier alpha value is -1.69. The zero-order valence-corrected chi connectivity index (χ0v) is 10.0. The van der Waals surface area contributed by atoms with Crippen LogP contribution in [0.2, 0.25) is 0 Å². The van der Waals surface area contributed by atoms with E-state index in [4.69, 9.17) is 5.73 Å². The number of halogens is 1. The molecule has 1 aromatic rings. The lowest BCUT2D eigenvalue weighted by Crippen LogP contribution is -2.38. The molecule has 98 valence electrons. The normalized spacial score (nSPS) is 19.9. The maximum atomic E-state index is 13.3. The third-order valence-electron chi connectivity index (χ3n) is 3.33. The molecule has 0 saturated carbocycles. The Bertz CT molecular complexity index is 453. The average molecular weight is 253 g/mol. The van der Waals surface area contributed by atoms with Crippen LogP contribution in [0.15, 0.2) is 18.2 Å². The summed E-state index contributed by atoms with van der Waals surface area (Å²) in [6.45, 7) is 1.92. The molecular weight excluding hydrogens is 237 g/mol. The first-order chi connectivity index (χ1) is 8.61. The van der Waals surface area contributed by atoms with Crippen molar-refractivity contribution >= 4 is 11.4 Å². The second-order valence-electron chi connectivity index (χ2n) is 4.58. The van der Waals surface area contributed by atoms with Gasteiger partial charge in [-0.3, -0.25) is 10.1 Å². The van der Waals surface area contributed by atoms with Crippen molar-refractivity contribution in [3.63, 3.8) is 0 Å². The summed E-state index contributed by atoms with van der Waals surface area (Å²) >= 11 is 0. The highest BCUT2D eigenvalue weighted by Crippen LogP contribution is 2.31. The molecule has 0 radical (unpaired) electrons. The first-order valence-electron chi connectivity index (χ1n) is 6.00. The molecule has 1 aromatic carbocycles. The molecule has 0 amide bonds. The Kier molecular flexibility index (Phi) is 3.76. The van der Waals surface area contributed by atoms with Crippen LogP contribution >= 0.6 is 0 Å². The van der Waals surface area contributed by atoms with Gasteiger partial charge in [-0.25, -0.2) is 4.39 Å². The number of piperidine rings is 1. The first-order valence-corrected chi connectivity index (χ1v) is 6.00. The van der Waals surface area contributed by atoms with E-state index in [1.54, 1.807) is 0 Å². The van der Waals surface area contributed by atoms with E-state index in [9.17, 15) is 14.5 Å². The quantitative estimate of drug-likeness (QED) is 0.659. The SMILES string of the molecule is NCC1CCCN(c2cc(F)ccc2[N+](=O)[O-])C1. The molecule has 5 nitrogen and oxygen atoms in total. The maximum absolute atomic E-state index is 13.3. The molecular formula is C12H16FN3O2. The van der Waals surface area contributed by atoms with E-state index in [2.05, 4.69) is 0 Å². The molecule has 0 bridgehead atoms. The fourth-order valence-electron chi connectivity index (χ4n) is 2.38. The summed E-state index contributed by atoms with van der Waals surface area (Å²) in [5.41, 5.74) is 5.95. The maximum Gasteiger partial charge on any atom is 0.292 e. The summed E-state index contributed by atoms with van der Waals surface area (Å²) < 4.78 is 13.3. The summed E-state index contributed by atoms with van der Waals surface area (Å²) in [6, 6.07) is 3.57. The number of nitro benzene ring substituents is 1. The molecule has 1 fully saturated rings. The predicted molar refractivity (Wildman–Crippen MR) is 67.0 cm³/mol. The molecule has 2 rings (SSSR count). The van der Waals surface area contributed by atoms with Crippen LogP contribution in [-0.4, -0.2) is 24.6 Å². The third kappa shape index (κ3) is 2.59. The number of hydrogen-bond acceptors (Lipinski definition) is 4. The van der Waals surface area contributed by atoms with Crippen molar-refractivity contribution in [2.24, 2.45) is 11.7 Å². The highest BCUT2D eigenvalue weighted by molar-refractivity contribution is 5.63. The van der Waals surface area contributed by atoms with E-state index in [0.717, 1.165) is 18.9 Å². The molecule has 0 spiro atoms. The number of nitrogens with zero attached hydrogens (tertiary/aromatic N) is 2. The standard InChI is InChI=1S/C12H16FN3O2/c13-10-3-4-11(16(17)18)12(6-10)15-5-1-2-9(7-14)8-15/h3-4,6,9H,1-2,5,7-8,14H2. The van der Waals surface area contributed by atoms with Crippen LogP contribution in [0.4, 0.5) is 15.8 Å². The molecule has 18 heavy (non-hydrogen) atoms. The van der Waals surface area contributed by atoms with Crippen LogP contribution in [0.3, 0.4) is 0 Å². The van der Waals surface area contributed by atoms with Crippen LogP contribution in [0.25, 0.3) is 0 Å². The van der Waals surface area contributed by atoms with E-state index in [-0.39, 0.29) is 5.69 Å². The van der Waals surface area contributed by atoms with Crippen molar-refractivity contribution in [1.29, 1.82) is 0 Å². The van der Waals surface area contributed by atoms with Gasteiger partial charge in [0.1, 0.15) is 11.5 Å². The number of anilines is 1. The lowest BCUT2D eigenvalue weighted by atomic mass is 9.97. The van der Waals surface area contributed by atoms with Gasteiger partial charge in [-0.2, -0.15) is 0 Å². The van der Waals surface area contributed by atoms with Gasteiger partial charge in [0.05, 0.1) is 4.92 Å². The number of rotatable bonds is 3. The number of nitro groups is 1. The highest BCUT2D eigenvalue weighted by Gasteiger charge is 2.25. The monoisotopic (exact) mass is 253 g/mol. The molecule has 1 atom stereocenters. The minimum atomic E-state index is -0.471. The van der Waals surface area contributed by atoms with Gasteiger partial charge >= 0.3 is 0 Å². The van der Waals surface area contributed by atoms with Gasteiger partial charge in [0, 0.05) is 25.2 Å². The third-order valence-corrected chi connectivity index (χ3v) is 3.33. The van der Waals surface area contributed by atoms with E-state index in [1.807, 2.05) is 4.90 Å². The summed E-state index contributed by atoms with van der Waals surface area (Å²) in [6.07, 6.45) is 1.95. The number of benzene rings is 1. The van der Waals surface area contributed by atoms with Crippen molar-refractivity contribution < 1.29 is 9.31 Å². The van der Waals surface area contributed by atoms with Gasteiger partial charge in [0.15, 0.2) is 0 Å². The Morgan fingerprint density at radius 3 is 3.00 bits per heavy atom. The molecule has 1 heterocycles. The second-order valence-corrected chi connectivity index (χ2v) is 4.58. The Labute approximate surface area is 105 Å². The molecule has 0 aromatic heterocycles. The van der Waals surface area contributed by atoms with Gasteiger partial charge in [-0.1, -0.05) is 0 Å². The Balaban J connectivity index is 2.31. The molecule has 2 N–H and O–H groups in total. The molecule has 6 heteroatoms. The smallest absolute Gasteiger partial charge is 0.292 e. The number of hydrogen-bond donors (Lipinski definition) is 1. The highest BCUT2D eigenvalue weighted by atomic mass is 19.1. The predicted octanol–water partition coefficient (Wildman–Crippen LogP) is 1.91. The van der Waals surface area contributed by atoms with Gasteiger partial charge in [0.2, 0.25) is 0 Å². The van der Waals surface area contributed by atoms with E-state index in [1.165, 1.54) is 12.1 Å². The summed E-state index contributed by atoms with van der Waals surface area (Å²) in [4.78, 5) is 12.4. The molecule has 0 aliphatic carbocycles. The van der Waals surface area contributed by atoms with E-state index >= 15 is 0 Å². The van der Waals surface area contributed by atoms with Gasteiger partial charge in [0.25, 0.3) is 5.69 Å². The van der Waals surface area contributed by atoms with Crippen LogP contribution < -0.4 is 10.6 Å². The van der Waals surface area contributed by atoms with Crippen LogP contribution in [0.1, 0.15) is 12.8 Å². The zero-order chi connectivity index (χ0) is 13.1. The van der Waals surface area contributed by atoms with E-state index in [0.29, 0.717) is 31.2 Å². The molecule has 1 aliphatic heterocycles. The summed E-state index contributed by atoms with van der Waals surface area (Å²) in [5, 5.41) is 11.0. The van der Waals surface area contributed by atoms with Gasteiger partial charge in [-0.15, -0.1) is 0 Å². The summed E-state index contributed by atoms with van der Waals surface area (Å²) in [7, 11) is 0.